The van der Waals surface area contributed by atoms with Crippen molar-refractivity contribution in [3.63, 3.8) is 0 Å². The number of nitrogens with zero attached hydrogens (tertiary/aromatic N) is 2. The lowest BCUT2D eigenvalue weighted by atomic mass is 10.5. The van der Waals surface area contributed by atoms with Gasteiger partial charge in [0.15, 0.2) is 0 Å². The van der Waals surface area contributed by atoms with Crippen LogP contribution in [0.15, 0.2) is 12.3 Å². The maximum Gasteiger partial charge on any atom is 0.147 e. The van der Waals surface area contributed by atoms with E-state index in [9.17, 15) is 0 Å². The summed E-state index contributed by atoms with van der Waals surface area (Å²) in [5.74, 6) is 0.880. The molecular formula is C8H15N3O. The van der Waals surface area contributed by atoms with Crippen molar-refractivity contribution >= 4 is 5.82 Å². The summed E-state index contributed by atoms with van der Waals surface area (Å²) in [7, 11) is 0. The SMILES string of the molecule is CCCNc1ccn(CCO)n1. The average molecular weight is 169 g/mol. The molecule has 0 saturated heterocycles. The van der Waals surface area contributed by atoms with E-state index in [-0.39, 0.29) is 6.61 Å². The number of aromatic nitrogens is 2. The minimum atomic E-state index is 0.134. The molecule has 2 N–H and O–H groups in total. The first-order chi connectivity index (χ1) is 5.86. The quantitative estimate of drug-likeness (QED) is 0.682. The van der Waals surface area contributed by atoms with Crippen molar-refractivity contribution in [3.8, 4) is 0 Å². The molecule has 0 fully saturated rings. The lowest BCUT2D eigenvalue weighted by Gasteiger charge is -1.99. The highest BCUT2D eigenvalue weighted by molar-refractivity contribution is 5.31. The van der Waals surface area contributed by atoms with Gasteiger partial charge in [-0.25, -0.2) is 0 Å². The minimum Gasteiger partial charge on any atom is -0.394 e. The molecule has 0 aromatic carbocycles. The van der Waals surface area contributed by atoms with Crippen LogP contribution in [0.1, 0.15) is 13.3 Å². The zero-order chi connectivity index (χ0) is 8.81. The highest BCUT2D eigenvalue weighted by Gasteiger charge is 1.95. The predicted molar refractivity (Wildman–Crippen MR) is 48.1 cm³/mol. The Morgan fingerprint density at radius 2 is 2.50 bits per heavy atom. The third kappa shape index (κ3) is 2.54. The Morgan fingerprint density at radius 3 is 3.17 bits per heavy atom. The number of aliphatic hydroxyl groups is 1. The summed E-state index contributed by atoms with van der Waals surface area (Å²) >= 11 is 0. The van der Waals surface area contributed by atoms with Crippen LogP contribution in [0.3, 0.4) is 0 Å². The number of hydrogen-bond acceptors (Lipinski definition) is 3. The Labute approximate surface area is 72.2 Å². The molecule has 1 rings (SSSR count). The van der Waals surface area contributed by atoms with Crippen LogP contribution in [0.2, 0.25) is 0 Å². The molecule has 4 heteroatoms. The summed E-state index contributed by atoms with van der Waals surface area (Å²) < 4.78 is 1.72. The number of anilines is 1. The van der Waals surface area contributed by atoms with Gasteiger partial charge in [0.05, 0.1) is 13.2 Å². The maximum absolute atomic E-state index is 8.62. The van der Waals surface area contributed by atoms with Gasteiger partial charge in [-0.2, -0.15) is 5.10 Å². The Balaban J connectivity index is 2.41. The molecule has 1 heterocycles. The van der Waals surface area contributed by atoms with Gasteiger partial charge >= 0.3 is 0 Å². The second kappa shape index (κ2) is 4.77. The number of aliphatic hydroxyl groups excluding tert-OH is 1. The largest absolute Gasteiger partial charge is 0.394 e. The molecular weight excluding hydrogens is 154 g/mol. The van der Waals surface area contributed by atoms with Crippen LogP contribution in [0.4, 0.5) is 5.82 Å². The molecule has 1 aromatic heterocycles. The fraction of sp³-hybridized carbons (Fsp3) is 0.625. The van der Waals surface area contributed by atoms with E-state index in [4.69, 9.17) is 5.11 Å². The van der Waals surface area contributed by atoms with Gasteiger partial charge in [0, 0.05) is 18.8 Å². The molecule has 0 atom stereocenters. The van der Waals surface area contributed by atoms with Crippen LogP contribution < -0.4 is 5.32 Å². The predicted octanol–water partition coefficient (Wildman–Crippen LogP) is 0.697. The molecule has 0 aliphatic carbocycles. The van der Waals surface area contributed by atoms with Crippen LogP contribution >= 0.6 is 0 Å². The second-order valence-electron chi connectivity index (χ2n) is 2.61. The molecule has 4 nitrogen and oxygen atoms in total. The number of rotatable bonds is 5. The van der Waals surface area contributed by atoms with E-state index in [0.717, 1.165) is 18.8 Å². The monoisotopic (exact) mass is 169 g/mol. The molecule has 0 radical (unpaired) electrons. The first-order valence-electron chi connectivity index (χ1n) is 4.25. The standard InChI is InChI=1S/C8H15N3O/c1-2-4-9-8-3-5-11(10-8)6-7-12/h3,5,12H,2,4,6-7H2,1H3,(H,9,10). The normalized spacial score (nSPS) is 10.2. The summed E-state index contributed by atoms with van der Waals surface area (Å²) in [4.78, 5) is 0. The molecule has 0 aliphatic rings. The van der Waals surface area contributed by atoms with Crippen LogP contribution in [-0.4, -0.2) is 28.0 Å². The van der Waals surface area contributed by atoms with Crippen LogP contribution in [-0.2, 0) is 6.54 Å². The van der Waals surface area contributed by atoms with E-state index in [2.05, 4.69) is 17.3 Å². The van der Waals surface area contributed by atoms with Crippen molar-refractivity contribution in [1.29, 1.82) is 0 Å². The van der Waals surface area contributed by atoms with E-state index in [1.54, 1.807) is 4.68 Å². The van der Waals surface area contributed by atoms with E-state index in [1.807, 2.05) is 12.3 Å². The van der Waals surface area contributed by atoms with Crippen LogP contribution in [0.5, 0.6) is 0 Å². The third-order valence-corrected chi connectivity index (χ3v) is 1.53. The summed E-state index contributed by atoms with van der Waals surface area (Å²) in [5, 5.41) is 16.0. The molecule has 0 amide bonds. The van der Waals surface area contributed by atoms with Gasteiger partial charge < -0.3 is 10.4 Å². The van der Waals surface area contributed by atoms with Crippen molar-refractivity contribution in [2.45, 2.75) is 19.9 Å². The Kier molecular flexibility index (Phi) is 3.60. The van der Waals surface area contributed by atoms with Crippen LogP contribution in [0.25, 0.3) is 0 Å². The first kappa shape index (κ1) is 9.06. The van der Waals surface area contributed by atoms with Gasteiger partial charge in [0.25, 0.3) is 0 Å². The summed E-state index contributed by atoms with van der Waals surface area (Å²) in [6.45, 7) is 3.75. The maximum atomic E-state index is 8.62. The van der Waals surface area contributed by atoms with Crippen molar-refractivity contribution < 1.29 is 5.11 Å². The summed E-state index contributed by atoms with van der Waals surface area (Å²) in [6, 6.07) is 1.91. The van der Waals surface area contributed by atoms with E-state index < -0.39 is 0 Å². The fourth-order valence-electron chi connectivity index (χ4n) is 0.936. The van der Waals surface area contributed by atoms with Gasteiger partial charge in [-0.15, -0.1) is 0 Å². The van der Waals surface area contributed by atoms with Gasteiger partial charge in [-0.1, -0.05) is 6.92 Å². The van der Waals surface area contributed by atoms with Gasteiger partial charge in [-0.3, -0.25) is 4.68 Å². The van der Waals surface area contributed by atoms with Crippen molar-refractivity contribution in [2.75, 3.05) is 18.5 Å². The van der Waals surface area contributed by atoms with Crippen molar-refractivity contribution in [1.82, 2.24) is 9.78 Å². The fourth-order valence-corrected chi connectivity index (χ4v) is 0.936. The molecule has 1 aromatic rings. The third-order valence-electron chi connectivity index (χ3n) is 1.53. The molecule has 68 valence electrons. The summed E-state index contributed by atoms with van der Waals surface area (Å²) in [6.07, 6.45) is 2.95. The second-order valence-corrected chi connectivity index (χ2v) is 2.61. The molecule has 0 aliphatic heterocycles. The summed E-state index contributed by atoms with van der Waals surface area (Å²) in [5.41, 5.74) is 0. The zero-order valence-electron chi connectivity index (χ0n) is 7.32. The van der Waals surface area contributed by atoms with E-state index >= 15 is 0 Å². The lowest BCUT2D eigenvalue weighted by Crippen LogP contribution is -2.05. The van der Waals surface area contributed by atoms with Crippen molar-refractivity contribution in [3.05, 3.63) is 12.3 Å². The van der Waals surface area contributed by atoms with Crippen molar-refractivity contribution in [2.24, 2.45) is 0 Å². The smallest absolute Gasteiger partial charge is 0.147 e. The zero-order valence-corrected chi connectivity index (χ0v) is 7.32. The molecule has 0 bridgehead atoms. The average Bonchev–Trinajstić information content (AvgIpc) is 2.50. The highest BCUT2D eigenvalue weighted by atomic mass is 16.3. The van der Waals surface area contributed by atoms with Gasteiger partial charge in [0.1, 0.15) is 5.82 Å². The molecule has 0 saturated carbocycles. The molecule has 0 unspecified atom stereocenters. The van der Waals surface area contributed by atoms with Gasteiger partial charge in [-0.05, 0) is 6.42 Å². The highest BCUT2D eigenvalue weighted by Crippen LogP contribution is 2.01. The minimum absolute atomic E-state index is 0.134. The van der Waals surface area contributed by atoms with Crippen LogP contribution in [0, 0.1) is 0 Å². The topological polar surface area (TPSA) is 50.1 Å². The van der Waals surface area contributed by atoms with E-state index in [0.29, 0.717) is 6.54 Å². The van der Waals surface area contributed by atoms with Gasteiger partial charge in [0.2, 0.25) is 0 Å². The Hall–Kier alpha value is -1.03. The first-order valence-corrected chi connectivity index (χ1v) is 4.25. The molecule has 12 heavy (non-hydrogen) atoms. The Bertz CT molecular complexity index is 222. The number of hydrogen-bond donors (Lipinski definition) is 2. The lowest BCUT2D eigenvalue weighted by molar-refractivity contribution is 0.269. The number of nitrogens with one attached hydrogen (secondary N) is 1. The molecule has 0 spiro atoms. The Morgan fingerprint density at radius 1 is 1.67 bits per heavy atom. The van der Waals surface area contributed by atoms with E-state index in [1.165, 1.54) is 0 Å².